The molecule has 0 fully saturated rings. The van der Waals surface area contributed by atoms with Gasteiger partial charge in [0, 0.05) is 21.0 Å². The van der Waals surface area contributed by atoms with Gasteiger partial charge in [-0.25, -0.2) is 0 Å². The van der Waals surface area contributed by atoms with E-state index >= 15 is 0 Å². The van der Waals surface area contributed by atoms with E-state index < -0.39 is 0 Å². The molecule has 0 aromatic heterocycles. The van der Waals surface area contributed by atoms with Gasteiger partial charge in [0.2, 0.25) is 5.91 Å². The molecular formula is C16H13ClN2OS. The van der Waals surface area contributed by atoms with Crippen molar-refractivity contribution in [3.63, 3.8) is 0 Å². The standard InChI is InChI=1S/C16H13ClN2OS/c1-21-13-8-11(17)7-12-15(10-5-3-2-4-6-10)18-9-14(20)19-16(12)13/h2-8H,9H2,1H3,(H,19,20). The number of amides is 1. The maximum atomic E-state index is 11.9. The van der Waals surface area contributed by atoms with Gasteiger partial charge in [-0.2, -0.15) is 0 Å². The predicted molar refractivity (Wildman–Crippen MR) is 88.8 cm³/mol. The number of carbonyl (C=O) groups excluding carboxylic acids is 1. The summed E-state index contributed by atoms with van der Waals surface area (Å²) in [5.41, 5.74) is 3.42. The molecule has 1 heterocycles. The number of benzodiazepines with no additional fused rings is 1. The fourth-order valence-corrected chi connectivity index (χ4v) is 3.21. The van der Waals surface area contributed by atoms with Crippen LogP contribution >= 0.6 is 23.4 Å². The molecule has 1 aliphatic heterocycles. The van der Waals surface area contributed by atoms with Gasteiger partial charge in [-0.05, 0) is 18.4 Å². The lowest BCUT2D eigenvalue weighted by Gasteiger charge is -2.14. The molecule has 2 aromatic carbocycles. The number of aliphatic imine (C=N–C) groups is 1. The topological polar surface area (TPSA) is 41.5 Å². The second-order valence-corrected chi connectivity index (χ2v) is 5.89. The summed E-state index contributed by atoms with van der Waals surface area (Å²) < 4.78 is 0. The minimum Gasteiger partial charge on any atom is -0.323 e. The summed E-state index contributed by atoms with van der Waals surface area (Å²) in [5.74, 6) is -0.111. The Labute approximate surface area is 132 Å². The minimum atomic E-state index is -0.111. The second kappa shape index (κ2) is 5.92. The summed E-state index contributed by atoms with van der Waals surface area (Å²) in [6.45, 7) is 0.115. The highest BCUT2D eigenvalue weighted by atomic mass is 35.5. The fourth-order valence-electron chi connectivity index (χ4n) is 2.32. The first kappa shape index (κ1) is 14.2. The van der Waals surface area contributed by atoms with Crippen LogP contribution in [0.2, 0.25) is 5.02 Å². The summed E-state index contributed by atoms with van der Waals surface area (Å²) in [4.78, 5) is 17.3. The van der Waals surface area contributed by atoms with E-state index in [0.717, 1.165) is 27.4 Å². The highest BCUT2D eigenvalue weighted by Gasteiger charge is 2.21. The van der Waals surface area contributed by atoms with Crippen LogP contribution in [0.3, 0.4) is 0 Å². The van der Waals surface area contributed by atoms with Crippen LogP contribution in [0.4, 0.5) is 5.69 Å². The average Bonchev–Trinajstić information content (AvgIpc) is 2.66. The molecule has 3 nitrogen and oxygen atoms in total. The van der Waals surface area contributed by atoms with Gasteiger partial charge in [-0.3, -0.25) is 9.79 Å². The highest BCUT2D eigenvalue weighted by molar-refractivity contribution is 7.98. The minimum absolute atomic E-state index is 0.111. The first-order chi connectivity index (χ1) is 10.2. The van der Waals surface area contributed by atoms with E-state index in [1.165, 1.54) is 0 Å². The quantitative estimate of drug-likeness (QED) is 0.855. The Morgan fingerprint density at radius 1 is 1.24 bits per heavy atom. The largest absolute Gasteiger partial charge is 0.323 e. The van der Waals surface area contributed by atoms with Crippen molar-refractivity contribution in [1.29, 1.82) is 0 Å². The van der Waals surface area contributed by atoms with Gasteiger partial charge in [0.1, 0.15) is 6.54 Å². The maximum Gasteiger partial charge on any atom is 0.246 e. The molecule has 0 atom stereocenters. The Morgan fingerprint density at radius 2 is 2.00 bits per heavy atom. The number of hydrogen-bond acceptors (Lipinski definition) is 3. The molecule has 1 aliphatic rings. The summed E-state index contributed by atoms with van der Waals surface area (Å²) in [7, 11) is 0. The van der Waals surface area contributed by atoms with E-state index in [1.54, 1.807) is 11.8 Å². The van der Waals surface area contributed by atoms with Gasteiger partial charge in [-0.15, -0.1) is 11.8 Å². The third kappa shape index (κ3) is 2.82. The van der Waals surface area contributed by atoms with Crippen LogP contribution in [0.1, 0.15) is 11.1 Å². The van der Waals surface area contributed by atoms with E-state index in [-0.39, 0.29) is 12.5 Å². The zero-order valence-electron chi connectivity index (χ0n) is 11.4. The van der Waals surface area contributed by atoms with E-state index in [2.05, 4.69) is 10.3 Å². The molecule has 106 valence electrons. The zero-order valence-corrected chi connectivity index (χ0v) is 13.0. The van der Waals surface area contributed by atoms with Crippen molar-refractivity contribution >= 4 is 40.7 Å². The molecule has 21 heavy (non-hydrogen) atoms. The Bertz CT molecular complexity index is 729. The van der Waals surface area contributed by atoms with Crippen LogP contribution in [-0.2, 0) is 4.79 Å². The SMILES string of the molecule is CSc1cc(Cl)cc2c1NC(=O)CN=C2c1ccccc1. The third-order valence-electron chi connectivity index (χ3n) is 3.23. The van der Waals surface area contributed by atoms with Crippen LogP contribution in [0.5, 0.6) is 0 Å². The maximum absolute atomic E-state index is 11.9. The monoisotopic (exact) mass is 316 g/mol. The van der Waals surface area contributed by atoms with Crippen LogP contribution in [0.15, 0.2) is 52.4 Å². The summed E-state index contributed by atoms with van der Waals surface area (Å²) in [6, 6.07) is 13.6. The lowest BCUT2D eigenvalue weighted by atomic mass is 10.0. The van der Waals surface area contributed by atoms with Gasteiger partial charge in [0.05, 0.1) is 11.4 Å². The third-order valence-corrected chi connectivity index (χ3v) is 4.21. The second-order valence-electron chi connectivity index (χ2n) is 4.61. The lowest BCUT2D eigenvalue weighted by molar-refractivity contribution is -0.114. The molecule has 0 saturated carbocycles. The van der Waals surface area contributed by atoms with E-state index in [0.29, 0.717) is 5.02 Å². The lowest BCUT2D eigenvalue weighted by Crippen LogP contribution is -2.14. The predicted octanol–water partition coefficient (Wildman–Crippen LogP) is 3.85. The van der Waals surface area contributed by atoms with Crippen molar-refractivity contribution in [3.8, 4) is 0 Å². The smallest absolute Gasteiger partial charge is 0.246 e. The molecule has 1 amide bonds. The van der Waals surface area contributed by atoms with Crippen molar-refractivity contribution < 1.29 is 4.79 Å². The number of hydrogen-bond donors (Lipinski definition) is 1. The molecule has 1 N–H and O–H groups in total. The molecule has 0 saturated heterocycles. The molecule has 0 radical (unpaired) electrons. The Hall–Kier alpha value is -1.78. The van der Waals surface area contributed by atoms with Crippen LogP contribution in [0.25, 0.3) is 0 Å². The van der Waals surface area contributed by atoms with E-state index in [4.69, 9.17) is 11.6 Å². The average molecular weight is 317 g/mol. The first-order valence-corrected chi connectivity index (χ1v) is 8.07. The van der Waals surface area contributed by atoms with Gasteiger partial charge < -0.3 is 5.32 Å². The van der Waals surface area contributed by atoms with Crippen LogP contribution < -0.4 is 5.32 Å². The van der Waals surface area contributed by atoms with Crippen molar-refractivity contribution in [1.82, 2.24) is 0 Å². The fraction of sp³-hybridized carbons (Fsp3) is 0.125. The zero-order chi connectivity index (χ0) is 14.8. The Kier molecular flexibility index (Phi) is 3.99. The molecule has 3 rings (SSSR count). The summed E-state index contributed by atoms with van der Waals surface area (Å²) in [5, 5.41) is 3.57. The molecule has 0 unspecified atom stereocenters. The molecule has 0 bridgehead atoms. The van der Waals surface area contributed by atoms with Crippen LogP contribution in [-0.4, -0.2) is 24.4 Å². The highest BCUT2D eigenvalue weighted by Crippen LogP contribution is 2.35. The molecule has 0 aliphatic carbocycles. The number of rotatable bonds is 2. The van der Waals surface area contributed by atoms with E-state index in [9.17, 15) is 4.79 Å². The normalized spacial score (nSPS) is 14.0. The Morgan fingerprint density at radius 3 is 2.71 bits per heavy atom. The summed E-state index contributed by atoms with van der Waals surface area (Å²) in [6.07, 6.45) is 1.96. The van der Waals surface area contributed by atoms with Gasteiger partial charge in [-0.1, -0.05) is 41.9 Å². The number of benzene rings is 2. The summed E-state index contributed by atoms with van der Waals surface area (Å²) >= 11 is 7.77. The number of carbonyl (C=O) groups is 1. The first-order valence-electron chi connectivity index (χ1n) is 6.46. The number of thioether (sulfide) groups is 1. The number of halogens is 1. The molecule has 5 heteroatoms. The number of nitrogens with one attached hydrogen (secondary N) is 1. The van der Waals surface area contributed by atoms with Crippen LogP contribution in [0, 0.1) is 0 Å². The number of fused-ring (bicyclic) bond motifs is 1. The van der Waals surface area contributed by atoms with Gasteiger partial charge in [0.25, 0.3) is 0 Å². The molecule has 2 aromatic rings. The van der Waals surface area contributed by atoms with Crippen molar-refractivity contribution in [2.75, 3.05) is 18.1 Å². The van der Waals surface area contributed by atoms with Gasteiger partial charge in [0.15, 0.2) is 0 Å². The Balaban J connectivity index is 2.24. The van der Waals surface area contributed by atoms with Gasteiger partial charge >= 0.3 is 0 Å². The number of anilines is 1. The molecular weight excluding hydrogens is 304 g/mol. The number of nitrogens with zero attached hydrogens (tertiary/aromatic N) is 1. The van der Waals surface area contributed by atoms with Crippen molar-refractivity contribution in [2.24, 2.45) is 4.99 Å². The van der Waals surface area contributed by atoms with Crippen molar-refractivity contribution in [3.05, 3.63) is 58.6 Å². The molecule has 0 spiro atoms. The van der Waals surface area contributed by atoms with Crippen molar-refractivity contribution in [2.45, 2.75) is 4.90 Å². The van der Waals surface area contributed by atoms with E-state index in [1.807, 2.05) is 48.7 Å².